The molecule has 0 unspecified atom stereocenters. The third kappa shape index (κ3) is 3.20. The van der Waals surface area contributed by atoms with Crippen molar-refractivity contribution >= 4 is 25.3 Å². The van der Waals surface area contributed by atoms with Gasteiger partial charge in [-0.1, -0.05) is 0 Å². The van der Waals surface area contributed by atoms with Gasteiger partial charge in [0.2, 0.25) is 5.95 Å². The number of nitrogens with zero attached hydrogens (tertiary/aromatic N) is 3. The summed E-state index contributed by atoms with van der Waals surface area (Å²) in [4.78, 5) is 35.9. The maximum absolute atomic E-state index is 12.0. The van der Waals surface area contributed by atoms with Crippen LogP contribution in [0.25, 0.3) is 0 Å². The third-order valence-corrected chi connectivity index (χ3v) is 3.86. The van der Waals surface area contributed by atoms with E-state index in [4.69, 9.17) is 25.4 Å². The van der Waals surface area contributed by atoms with Crippen LogP contribution in [-0.4, -0.2) is 66.2 Å². The fourth-order valence-electron chi connectivity index (χ4n) is 2.45. The lowest BCUT2D eigenvalue weighted by molar-refractivity contribution is -0.0268. The SMILES string of the molecule is Nc1nc2c(c(=O)[nH]1)N(OP(=O)(O)O)NN2[C@@H]1O[C@H](CO)[C@@H](O)[C@H]1O. The normalized spacial score (nSPS) is 29.3. The number of aliphatic hydroxyl groups is 3. The van der Waals surface area contributed by atoms with E-state index in [-0.39, 0.29) is 11.8 Å². The molecule has 4 atom stereocenters. The largest absolute Gasteiger partial charge is 0.492 e. The zero-order chi connectivity index (χ0) is 18.5. The maximum atomic E-state index is 12.0. The van der Waals surface area contributed by atoms with E-state index in [0.717, 1.165) is 5.01 Å². The van der Waals surface area contributed by atoms with Crippen molar-refractivity contribution in [3.05, 3.63) is 10.4 Å². The Morgan fingerprint density at radius 2 is 2.04 bits per heavy atom. The molecule has 15 nitrogen and oxygen atoms in total. The number of H-pyrrole nitrogens is 1. The number of nitrogen functional groups attached to an aromatic ring is 1. The standard InChI is InChI=1S/C9H15N6O9P/c10-9-11-6-3(7(19)12-9)15(24-25(20,21)22)13-14(6)8-5(18)4(17)2(1-16)23-8/h2,4-5,8,13,16-18H,1H2,(H2,20,21,22)(H3,10,11,12,19)/t2-,4-,5-,8-/m1/s1. The Hall–Kier alpha value is -1.81. The molecule has 9 N–H and O–H groups in total. The number of anilines is 3. The van der Waals surface area contributed by atoms with Crippen LogP contribution in [0.3, 0.4) is 0 Å². The molecule has 3 rings (SSSR count). The minimum atomic E-state index is -5.07. The van der Waals surface area contributed by atoms with Crippen molar-refractivity contribution in [1.82, 2.24) is 15.5 Å². The fraction of sp³-hybridized carbons (Fsp3) is 0.556. The molecule has 140 valence electrons. The van der Waals surface area contributed by atoms with Crippen molar-refractivity contribution in [1.29, 1.82) is 0 Å². The Morgan fingerprint density at radius 3 is 2.60 bits per heavy atom. The quantitative estimate of drug-likeness (QED) is 0.231. The highest BCUT2D eigenvalue weighted by atomic mass is 31.2. The first kappa shape index (κ1) is 18.0. The lowest BCUT2D eigenvalue weighted by Crippen LogP contribution is -2.53. The minimum absolute atomic E-state index is 0.287. The lowest BCUT2D eigenvalue weighted by atomic mass is 10.1. The van der Waals surface area contributed by atoms with Crippen LogP contribution in [0.1, 0.15) is 0 Å². The van der Waals surface area contributed by atoms with Crippen molar-refractivity contribution in [2.75, 3.05) is 22.5 Å². The summed E-state index contributed by atoms with van der Waals surface area (Å²) in [6, 6.07) is 0. The molecule has 0 bridgehead atoms. The van der Waals surface area contributed by atoms with Crippen LogP contribution in [0.2, 0.25) is 0 Å². The lowest BCUT2D eigenvalue weighted by Gasteiger charge is -2.27. The van der Waals surface area contributed by atoms with Gasteiger partial charge in [-0.25, -0.2) is 9.57 Å². The second-order valence-corrected chi connectivity index (χ2v) is 6.33. The molecule has 0 amide bonds. The molecule has 2 aliphatic rings. The number of nitrogens with two attached hydrogens (primary N) is 1. The summed E-state index contributed by atoms with van der Waals surface area (Å²) >= 11 is 0. The Balaban J connectivity index is 2.01. The molecule has 25 heavy (non-hydrogen) atoms. The number of ether oxygens (including phenoxy) is 1. The van der Waals surface area contributed by atoms with Crippen molar-refractivity contribution < 1.29 is 39.0 Å². The van der Waals surface area contributed by atoms with Crippen LogP contribution >= 0.6 is 7.82 Å². The highest BCUT2D eigenvalue weighted by Crippen LogP contribution is 2.42. The number of hydrogen-bond acceptors (Lipinski definition) is 12. The average Bonchev–Trinajstić information content (AvgIpc) is 2.96. The van der Waals surface area contributed by atoms with Crippen molar-refractivity contribution in [2.45, 2.75) is 24.5 Å². The summed E-state index contributed by atoms with van der Waals surface area (Å²) in [7, 11) is -5.07. The van der Waals surface area contributed by atoms with Gasteiger partial charge in [-0.15, -0.1) is 15.3 Å². The monoisotopic (exact) mass is 382 g/mol. The molecular weight excluding hydrogens is 367 g/mol. The van der Waals surface area contributed by atoms with Crippen LogP contribution in [0.4, 0.5) is 17.5 Å². The summed E-state index contributed by atoms with van der Waals surface area (Å²) in [6.45, 7) is -0.608. The van der Waals surface area contributed by atoms with Crippen LogP contribution in [0.15, 0.2) is 4.79 Å². The average molecular weight is 382 g/mol. The van der Waals surface area contributed by atoms with Crippen LogP contribution in [0, 0.1) is 0 Å². The van der Waals surface area contributed by atoms with Gasteiger partial charge in [0.15, 0.2) is 17.7 Å². The Labute approximate surface area is 138 Å². The number of nitrogens with one attached hydrogen (secondary N) is 2. The number of aliphatic hydroxyl groups excluding tert-OH is 3. The number of aromatic nitrogens is 2. The van der Waals surface area contributed by atoms with Gasteiger partial charge in [0.1, 0.15) is 18.3 Å². The zero-order valence-electron chi connectivity index (χ0n) is 12.3. The van der Waals surface area contributed by atoms with Crippen molar-refractivity contribution in [3.63, 3.8) is 0 Å². The van der Waals surface area contributed by atoms with E-state index in [9.17, 15) is 19.6 Å². The second kappa shape index (κ2) is 6.17. The summed E-state index contributed by atoms with van der Waals surface area (Å²) < 4.78 is 20.7. The van der Waals surface area contributed by atoms with E-state index in [1.54, 1.807) is 0 Å². The van der Waals surface area contributed by atoms with Gasteiger partial charge < -0.3 is 35.6 Å². The van der Waals surface area contributed by atoms with E-state index in [0.29, 0.717) is 5.17 Å². The Morgan fingerprint density at radius 1 is 1.36 bits per heavy atom. The van der Waals surface area contributed by atoms with Crippen LogP contribution in [-0.2, 0) is 13.9 Å². The molecule has 3 heterocycles. The van der Waals surface area contributed by atoms with Gasteiger partial charge in [0.05, 0.1) is 6.61 Å². The van der Waals surface area contributed by atoms with Crippen molar-refractivity contribution in [3.8, 4) is 0 Å². The first-order valence-electron chi connectivity index (χ1n) is 6.75. The Kier molecular flexibility index (Phi) is 4.44. The van der Waals surface area contributed by atoms with Crippen LogP contribution in [0.5, 0.6) is 0 Å². The molecule has 1 fully saturated rings. The van der Waals surface area contributed by atoms with Gasteiger partial charge in [0, 0.05) is 0 Å². The molecule has 0 aliphatic carbocycles. The summed E-state index contributed by atoms with van der Waals surface area (Å²) in [5.41, 5.74) is 6.33. The molecule has 0 saturated carbocycles. The molecule has 1 aromatic heterocycles. The topological polar surface area (TPSA) is 227 Å². The number of rotatable bonds is 4. The Bertz CT molecular complexity index is 768. The highest BCUT2D eigenvalue weighted by molar-refractivity contribution is 7.46. The number of aromatic amines is 1. The predicted molar refractivity (Wildman–Crippen MR) is 78.3 cm³/mol. The predicted octanol–water partition coefficient (Wildman–Crippen LogP) is -4.14. The molecule has 1 aromatic rings. The third-order valence-electron chi connectivity index (χ3n) is 3.48. The first-order valence-corrected chi connectivity index (χ1v) is 8.28. The summed E-state index contributed by atoms with van der Waals surface area (Å²) in [5.74, 6) is -0.620. The number of hydrazine groups is 2. The summed E-state index contributed by atoms with van der Waals surface area (Å²) in [6.07, 6.45) is -5.54. The van der Waals surface area contributed by atoms with Gasteiger partial charge >= 0.3 is 7.82 Å². The van der Waals surface area contributed by atoms with E-state index >= 15 is 0 Å². The highest BCUT2D eigenvalue weighted by Gasteiger charge is 2.50. The molecule has 0 spiro atoms. The van der Waals surface area contributed by atoms with Gasteiger partial charge in [0.25, 0.3) is 5.56 Å². The van der Waals surface area contributed by atoms with E-state index in [2.05, 4.69) is 20.1 Å². The zero-order valence-corrected chi connectivity index (χ0v) is 13.1. The molecule has 0 aromatic carbocycles. The second-order valence-electron chi connectivity index (χ2n) is 5.19. The number of phosphoric acid groups is 1. The van der Waals surface area contributed by atoms with Crippen molar-refractivity contribution in [2.24, 2.45) is 0 Å². The molecule has 2 aliphatic heterocycles. The smallest absolute Gasteiger partial charge is 0.394 e. The fourth-order valence-corrected chi connectivity index (χ4v) is 2.79. The van der Waals surface area contributed by atoms with Gasteiger partial charge in [-0.3, -0.25) is 9.78 Å². The molecular formula is C9H15N6O9P. The van der Waals surface area contributed by atoms with Crippen LogP contribution < -0.4 is 27.0 Å². The number of hydrogen-bond donors (Lipinski definition) is 8. The van der Waals surface area contributed by atoms with Gasteiger partial charge in [-0.2, -0.15) is 4.98 Å². The van der Waals surface area contributed by atoms with E-state index in [1.165, 1.54) is 0 Å². The minimum Gasteiger partial charge on any atom is -0.394 e. The number of fused-ring (bicyclic) bond motifs is 1. The maximum Gasteiger partial charge on any atom is 0.492 e. The summed E-state index contributed by atoms with van der Waals surface area (Å²) in [5, 5.41) is 30.2. The molecule has 0 radical (unpaired) electrons. The molecule has 16 heteroatoms. The molecule has 1 saturated heterocycles. The van der Waals surface area contributed by atoms with E-state index < -0.39 is 50.2 Å². The van der Waals surface area contributed by atoms with Gasteiger partial charge in [-0.05, 0) is 0 Å². The van der Waals surface area contributed by atoms with E-state index in [1.807, 2.05) is 0 Å². The first-order chi connectivity index (χ1) is 11.6.